The van der Waals surface area contributed by atoms with Crippen LogP contribution >= 0.6 is 35.3 Å². The van der Waals surface area contributed by atoms with E-state index in [0.29, 0.717) is 10.6 Å². The first-order valence-corrected chi connectivity index (χ1v) is 8.62. The zero-order valence-corrected chi connectivity index (χ0v) is 15.0. The SMILES string of the molecule is Cl.FC(F)(F)c1ccc(Cl)c([C@@H](c2ccsc2)N2CCNCC2)c1. The van der Waals surface area contributed by atoms with Gasteiger partial charge in [-0.15, -0.1) is 12.4 Å². The summed E-state index contributed by atoms with van der Waals surface area (Å²) in [6.45, 7) is 3.18. The number of rotatable bonds is 3. The Kier molecular flexibility index (Phi) is 6.56. The Morgan fingerprint density at radius 1 is 1.17 bits per heavy atom. The number of piperazine rings is 1. The Bertz CT molecular complexity index is 656. The monoisotopic (exact) mass is 396 g/mol. The van der Waals surface area contributed by atoms with Gasteiger partial charge in [-0.1, -0.05) is 11.6 Å². The minimum absolute atomic E-state index is 0. The topological polar surface area (TPSA) is 15.3 Å². The van der Waals surface area contributed by atoms with Gasteiger partial charge >= 0.3 is 6.18 Å². The van der Waals surface area contributed by atoms with Crippen LogP contribution in [0.3, 0.4) is 0 Å². The molecule has 3 rings (SSSR count). The van der Waals surface area contributed by atoms with E-state index >= 15 is 0 Å². The number of alkyl halides is 3. The van der Waals surface area contributed by atoms with E-state index in [0.717, 1.165) is 37.8 Å². The molecule has 1 atom stereocenters. The van der Waals surface area contributed by atoms with E-state index in [1.165, 1.54) is 23.5 Å². The molecule has 0 unspecified atom stereocenters. The molecule has 24 heavy (non-hydrogen) atoms. The zero-order valence-electron chi connectivity index (χ0n) is 12.6. The summed E-state index contributed by atoms with van der Waals surface area (Å²) in [5.41, 5.74) is 0.840. The lowest BCUT2D eigenvalue weighted by molar-refractivity contribution is -0.137. The predicted octanol–water partition coefficient (Wildman–Crippen LogP) is 4.84. The van der Waals surface area contributed by atoms with E-state index in [1.54, 1.807) is 0 Å². The lowest BCUT2D eigenvalue weighted by atomic mass is 9.96. The number of hydrogen-bond acceptors (Lipinski definition) is 3. The summed E-state index contributed by atoms with van der Waals surface area (Å²) in [6.07, 6.45) is -4.37. The smallest absolute Gasteiger partial charge is 0.314 e. The molecule has 2 nitrogen and oxygen atoms in total. The highest BCUT2D eigenvalue weighted by Gasteiger charge is 2.33. The quantitative estimate of drug-likeness (QED) is 0.798. The van der Waals surface area contributed by atoms with Crippen molar-refractivity contribution in [2.24, 2.45) is 0 Å². The van der Waals surface area contributed by atoms with Gasteiger partial charge < -0.3 is 5.32 Å². The molecule has 1 saturated heterocycles. The fourth-order valence-electron chi connectivity index (χ4n) is 2.89. The molecule has 0 aliphatic carbocycles. The molecule has 132 valence electrons. The number of halogens is 5. The summed E-state index contributed by atoms with van der Waals surface area (Å²) < 4.78 is 39.2. The van der Waals surface area contributed by atoms with Crippen LogP contribution in [-0.4, -0.2) is 31.1 Å². The maximum Gasteiger partial charge on any atom is 0.416 e. The molecular weight excluding hydrogens is 380 g/mol. The summed E-state index contributed by atoms with van der Waals surface area (Å²) in [5, 5.41) is 7.54. The Labute approximate surface area is 154 Å². The summed E-state index contributed by atoms with van der Waals surface area (Å²) >= 11 is 7.81. The molecule has 0 amide bonds. The zero-order chi connectivity index (χ0) is 16.4. The molecule has 1 N–H and O–H groups in total. The van der Waals surface area contributed by atoms with E-state index in [1.807, 2.05) is 16.8 Å². The molecule has 1 aromatic carbocycles. The van der Waals surface area contributed by atoms with E-state index < -0.39 is 11.7 Å². The van der Waals surface area contributed by atoms with E-state index in [9.17, 15) is 13.2 Å². The second-order valence-electron chi connectivity index (χ2n) is 5.48. The van der Waals surface area contributed by atoms with E-state index in [-0.39, 0.29) is 18.4 Å². The first-order valence-electron chi connectivity index (χ1n) is 7.30. The summed E-state index contributed by atoms with van der Waals surface area (Å²) in [6, 6.07) is 5.27. The average Bonchev–Trinajstić information content (AvgIpc) is 3.03. The van der Waals surface area contributed by atoms with Crippen molar-refractivity contribution in [3.05, 3.63) is 56.7 Å². The first kappa shape index (κ1) is 19.5. The molecule has 1 aliphatic rings. The molecule has 2 heterocycles. The standard InChI is InChI=1S/C16H16ClF3N2S.ClH/c17-14-2-1-12(16(18,19)20)9-13(14)15(11-3-8-23-10-11)22-6-4-21-5-7-22;/h1-3,8-10,15,21H,4-7H2;1H/t15-;/m1./s1. The predicted molar refractivity (Wildman–Crippen MR) is 94.3 cm³/mol. The van der Waals surface area contributed by atoms with Crippen molar-refractivity contribution < 1.29 is 13.2 Å². The van der Waals surface area contributed by atoms with Crippen LogP contribution in [0.4, 0.5) is 13.2 Å². The highest BCUT2D eigenvalue weighted by atomic mass is 35.5. The highest BCUT2D eigenvalue weighted by Crippen LogP contribution is 2.38. The molecule has 0 spiro atoms. The fourth-order valence-corrected chi connectivity index (χ4v) is 3.79. The Morgan fingerprint density at radius 3 is 2.46 bits per heavy atom. The van der Waals surface area contributed by atoms with Gasteiger partial charge in [0.25, 0.3) is 0 Å². The van der Waals surface area contributed by atoms with Crippen LogP contribution < -0.4 is 5.32 Å². The first-order chi connectivity index (χ1) is 11.0. The van der Waals surface area contributed by atoms with Crippen LogP contribution in [-0.2, 0) is 6.18 Å². The van der Waals surface area contributed by atoms with Gasteiger partial charge in [0, 0.05) is 31.2 Å². The Morgan fingerprint density at radius 2 is 1.88 bits per heavy atom. The van der Waals surface area contributed by atoms with Crippen molar-refractivity contribution in [2.75, 3.05) is 26.2 Å². The molecular formula is C16H17Cl2F3N2S. The third-order valence-electron chi connectivity index (χ3n) is 3.99. The largest absolute Gasteiger partial charge is 0.416 e. The lowest BCUT2D eigenvalue weighted by Crippen LogP contribution is -2.45. The molecule has 2 aromatic rings. The van der Waals surface area contributed by atoms with Crippen LogP contribution in [0.5, 0.6) is 0 Å². The van der Waals surface area contributed by atoms with Crippen LogP contribution in [0.25, 0.3) is 0 Å². The van der Waals surface area contributed by atoms with Gasteiger partial charge in [-0.05, 0) is 46.2 Å². The second-order valence-corrected chi connectivity index (χ2v) is 6.67. The Hall–Kier alpha value is -0.790. The fraction of sp³-hybridized carbons (Fsp3) is 0.375. The van der Waals surface area contributed by atoms with Crippen LogP contribution in [0, 0.1) is 0 Å². The van der Waals surface area contributed by atoms with Gasteiger partial charge in [0.15, 0.2) is 0 Å². The van der Waals surface area contributed by atoms with Crippen LogP contribution in [0.1, 0.15) is 22.7 Å². The lowest BCUT2D eigenvalue weighted by Gasteiger charge is -2.35. The van der Waals surface area contributed by atoms with E-state index in [4.69, 9.17) is 11.6 Å². The van der Waals surface area contributed by atoms with E-state index in [2.05, 4.69) is 10.2 Å². The maximum absolute atomic E-state index is 13.1. The molecule has 1 fully saturated rings. The number of hydrogen-bond donors (Lipinski definition) is 1. The van der Waals surface area contributed by atoms with Crippen molar-refractivity contribution in [3.8, 4) is 0 Å². The molecule has 0 radical (unpaired) electrons. The third kappa shape index (κ3) is 4.24. The van der Waals surface area contributed by atoms with Crippen LogP contribution in [0.2, 0.25) is 5.02 Å². The van der Waals surface area contributed by atoms with Gasteiger partial charge in [0.2, 0.25) is 0 Å². The molecule has 0 bridgehead atoms. The molecule has 1 aromatic heterocycles. The van der Waals surface area contributed by atoms with Crippen molar-refractivity contribution in [1.29, 1.82) is 0 Å². The van der Waals surface area contributed by atoms with Crippen molar-refractivity contribution in [2.45, 2.75) is 12.2 Å². The van der Waals surface area contributed by atoms with Gasteiger partial charge in [-0.25, -0.2) is 0 Å². The number of nitrogens with one attached hydrogen (secondary N) is 1. The minimum atomic E-state index is -4.37. The number of nitrogens with zero attached hydrogens (tertiary/aromatic N) is 1. The normalized spacial score (nSPS) is 17.3. The maximum atomic E-state index is 13.1. The molecule has 1 aliphatic heterocycles. The molecule has 0 saturated carbocycles. The van der Waals surface area contributed by atoms with Crippen molar-refractivity contribution in [1.82, 2.24) is 10.2 Å². The third-order valence-corrected chi connectivity index (χ3v) is 5.04. The minimum Gasteiger partial charge on any atom is -0.314 e. The summed E-state index contributed by atoms with van der Waals surface area (Å²) in [4.78, 5) is 2.18. The van der Waals surface area contributed by atoms with Crippen molar-refractivity contribution >= 4 is 35.3 Å². The van der Waals surface area contributed by atoms with Gasteiger partial charge in [-0.2, -0.15) is 24.5 Å². The average molecular weight is 397 g/mol. The molecule has 8 heteroatoms. The van der Waals surface area contributed by atoms with Crippen molar-refractivity contribution in [3.63, 3.8) is 0 Å². The summed E-state index contributed by atoms with van der Waals surface area (Å²) in [7, 11) is 0. The van der Waals surface area contributed by atoms with Gasteiger partial charge in [-0.3, -0.25) is 4.90 Å². The van der Waals surface area contributed by atoms with Gasteiger partial charge in [0.1, 0.15) is 0 Å². The number of benzene rings is 1. The second kappa shape index (κ2) is 8.06. The number of thiophene rings is 1. The highest BCUT2D eigenvalue weighted by molar-refractivity contribution is 7.08. The Balaban J connectivity index is 0.00000208. The van der Waals surface area contributed by atoms with Gasteiger partial charge in [0.05, 0.1) is 11.6 Å². The van der Waals surface area contributed by atoms with Crippen LogP contribution in [0.15, 0.2) is 35.0 Å². The summed E-state index contributed by atoms with van der Waals surface area (Å²) in [5.74, 6) is 0.